The number of nitrogens with one attached hydrogen (secondary N) is 1. The van der Waals surface area contributed by atoms with E-state index in [0.717, 1.165) is 0 Å². The maximum absolute atomic E-state index is 12.2. The largest absolute Gasteiger partial charge is 0.358 e. The topological polar surface area (TPSA) is 65.5 Å². The van der Waals surface area contributed by atoms with E-state index in [9.17, 15) is 9.59 Å². The summed E-state index contributed by atoms with van der Waals surface area (Å²) in [5.41, 5.74) is 0.536. The first-order valence-electron chi connectivity index (χ1n) is 6.44. The minimum atomic E-state index is -0.0474. The van der Waals surface area contributed by atoms with Gasteiger partial charge in [-0.3, -0.25) is 14.5 Å². The van der Waals surface area contributed by atoms with Crippen molar-refractivity contribution in [3.8, 4) is 0 Å². The second-order valence-corrected chi connectivity index (χ2v) is 5.00. The van der Waals surface area contributed by atoms with Gasteiger partial charge in [0.1, 0.15) is 5.15 Å². The lowest BCUT2D eigenvalue weighted by molar-refractivity contribution is -0.122. The van der Waals surface area contributed by atoms with Crippen LogP contribution in [0.1, 0.15) is 10.4 Å². The molecule has 0 aromatic carbocycles. The second kappa shape index (κ2) is 6.67. The molecule has 1 aromatic rings. The lowest BCUT2D eigenvalue weighted by Gasteiger charge is -2.34. The molecule has 2 rings (SSSR count). The van der Waals surface area contributed by atoms with E-state index in [-0.39, 0.29) is 11.8 Å². The van der Waals surface area contributed by atoms with E-state index in [4.69, 9.17) is 11.6 Å². The predicted molar refractivity (Wildman–Crippen MR) is 75.7 cm³/mol. The number of pyridine rings is 1. The van der Waals surface area contributed by atoms with Gasteiger partial charge in [0.05, 0.1) is 12.1 Å². The van der Waals surface area contributed by atoms with Gasteiger partial charge in [-0.05, 0) is 12.1 Å². The number of rotatable bonds is 3. The number of carbonyl (C=O) groups is 2. The maximum Gasteiger partial charge on any atom is 0.255 e. The molecule has 108 valence electrons. The van der Waals surface area contributed by atoms with Crippen LogP contribution in [0.3, 0.4) is 0 Å². The van der Waals surface area contributed by atoms with Gasteiger partial charge >= 0.3 is 0 Å². The summed E-state index contributed by atoms with van der Waals surface area (Å²) >= 11 is 5.70. The molecule has 20 heavy (non-hydrogen) atoms. The highest BCUT2D eigenvalue weighted by atomic mass is 35.5. The third-order valence-electron chi connectivity index (χ3n) is 3.28. The number of hydrogen-bond acceptors (Lipinski definition) is 4. The molecule has 2 amide bonds. The van der Waals surface area contributed by atoms with Crippen molar-refractivity contribution in [2.45, 2.75) is 0 Å². The van der Waals surface area contributed by atoms with Crippen molar-refractivity contribution in [2.24, 2.45) is 0 Å². The van der Waals surface area contributed by atoms with E-state index in [1.54, 1.807) is 24.1 Å². The van der Waals surface area contributed by atoms with Crippen LogP contribution in [0.4, 0.5) is 0 Å². The van der Waals surface area contributed by atoms with Crippen LogP contribution in [0.2, 0.25) is 5.15 Å². The Labute approximate surface area is 122 Å². The maximum atomic E-state index is 12.2. The van der Waals surface area contributed by atoms with Gasteiger partial charge in [0.2, 0.25) is 5.91 Å². The Balaban J connectivity index is 1.88. The van der Waals surface area contributed by atoms with Gasteiger partial charge in [0.15, 0.2) is 0 Å². The molecule has 0 atom stereocenters. The molecule has 1 aliphatic rings. The number of hydrogen-bond donors (Lipinski definition) is 1. The first-order chi connectivity index (χ1) is 9.60. The molecule has 0 bridgehead atoms. The van der Waals surface area contributed by atoms with Crippen molar-refractivity contribution >= 4 is 23.4 Å². The minimum absolute atomic E-state index is 0.00771. The summed E-state index contributed by atoms with van der Waals surface area (Å²) in [4.78, 5) is 31.3. The molecule has 1 aromatic heterocycles. The molecule has 1 aliphatic heterocycles. The average molecular weight is 297 g/mol. The summed E-state index contributed by atoms with van der Waals surface area (Å²) < 4.78 is 0. The van der Waals surface area contributed by atoms with Gasteiger partial charge in [-0.15, -0.1) is 0 Å². The van der Waals surface area contributed by atoms with Crippen LogP contribution in [-0.2, 0) is 4.79 Å². The number of nitrogens with zero attached hydrogens (tertiary/aromatic N) is 3. The van der Waals surface area contributed by atoms with Crippen molar-refractivity contribution < 1.29 is 9.59 Å². The second-order valence-electron chi connectivity index (χ2n) is 4.61. The molecule has 1 N–H and O–H groups in total. The van der Waals surface area contributed by atoms with Gasteiger partial charge < -0.3 is 10.2 Å². The summed E-state index contributed by atoms with van der Waals surface area (Å²) in [6.45, 7) is 2.98. The number of amides is 2. The van der Waals surface area contributed by atoms with Crippen LogP contribution in [0.5, 0.6) is 0 Å². The number of piperazine rings is 1. The molecule has 0 unspecified atom stereocenters. The zero-order valence-corrected chi connectivity index (χ0v) is 12.1. The van der Waals surface area contributed by atoms with Crippen molar-refractivity contribution in [1.82, 2.24) is 20.1 Å². The molecule has 1 fully saturated rings. The van der Waals surface area contributed by atoms with Crippen LogP contribution in [0.15, 0.2) is 18.3 Å². The third-order valence-corrected chi connectivity index (χ3v) is 3.50. The van der Waals surface area contributed by atoms with Crippen LogP contribution >= 0.6 is 11.6 Å². The Hall–Kier alpha value is -1.66. The molecule has 0 aliphatic carbocycles. The van der Waals surface area contributed by atoms with E-state index < -0.39 is 0 Å². The molecule has 0 radical (unpaired) electrons. The zero-order chi connectivity index (χ0) is 14.5. The summed E-state index contributed by atoms with van der Waals surface area (Å²) in [6, 6.07) is 3.28. The van der Waals surface area contributed by atoms with E-state index in [1.807, 2.05) is 4.90 Å². The SMILES string of the molecule is CNC(=O)CN1CCN(C(=O)c2ccc(Cl)nc2)CC1. The summed E-state index contributed by atoms with van der Waals surface area (Å²) in [6.07, 6.45) is 1.49. The fourth-order valence-electron chi connectivity index (χ4n) is 2.08. The molecule has 6 nitrogen and oxygen atoms in total. The summed E-state index contributed by atoms with van der Waals surface area (Å²) in [7, 11) is 1.62. The molecular weight excluding hydrogens is 280 g/mol. The van der Waals surface area contributed by atoms with Crippen LogP contribution in [0, 0.1) is 0 Å². The first kappa shape index (κ1) is 14.7. The normalized spacial score (nSPS) is 16.0. The third kappa shape index (κ3) is 3.68. The molecule has 7 heteroatoms. The van der Waals surface area contributed by atoms with Gasteiger partial charge in [-0.2, -0.15) is 0 Å². The number of aromatic nitrogens is 1. The van der Waals surface area contributed by atoms with Crippen LogP contribution < -0.4 is 5.32 Å². The van der Waals surface area contributed by atoms with Crippen molar-refractivity contribution in [3.05, 3.63) is 29.0 Å². The monoisotopic (exact) mass is 296 g/mol. The molecule has 0 saturated carbocycles. The van der Waals surface area contributed by atoms with E-state index in [2.05, 4.69) is 10.3 Å². The quantitative estimate of drug-likeness (QED) is 0.812. The van der Waals surface area contributed by atoms with E-state index >= 15 is 0 Å². The fourth-order valence-corrected chi connectivity index (χ4v) is 2.19. The average Bonchev–Trinajstić information content (AvgIpc) is 2.48. The van der Waals surface area contributed by atoms with Gasteiger partial charge in [-0.25, -0.2) is 4.98 Å². The Morgan fingerprint density at radius 1 is 1.30 bits per heavy atom. The van der Waals surface area contributed by atoms with E-state index in [1.165, 1.54) is 6.20 Å². The highest BCUT2D eigenvalue weighted by Gasteiger charge is 2.23. The molecule has 1 saturated heterocycles. The Morgan fingerprint density at radius 3 is 2.55 bits per heavy atom. The zero-order valence-electron chi connectivity index (χ0n) is 11.3. The van der Waals surface area contributed by atoms with Gasteiger partial charge in [0, 0.05) is 39.4 Å². The standard InChI is InChI=1S/C13H17ClN4O2/c1-15-12(19)9-17-4-6-18(7-5-17)13(20)10-2-3-11(14)16-8-10/h2-3,8H,4-7,9H2,1H3,(H,15,19). The van der Waals surface area contributed by atoms with E-state index in [0.29, 0.717) is 43.4 Å². The Kier molecular flexibility index (Phi) is 4.92. The Bertz CT molecular complexity index is 484. The summed E-state index contributed by atoms with van der Waals surface area (Å²) in [5.74, 6) is -0.0552. The molecule has 2 heterocycles. The lowest BCUT2D eigenvalue weighted by atomic mass is 10.2. The Morgan fingerprint density at radius 2 is 2.00 bits per heavy atom. The number of likely N-dealkylation sites (N-methyl/N-ethyl adjacent to an activating group) is 1. The fraction of sp³-hybridized carbons (Fsp3) is 0.462. The van der Waals surface area contributed by atoms with Gasteiger partial charge in [-0.1, -0.05) is 11.6 Å². The van der Waals surface area contributed by atoms with Crippen LogP contribution in [0.25, 0.3) is 0 Å². The predicted octanol–water partition coefficient (Wildman–Crippen LogP) is 0.239. The highest BCUT2D eigenvalue weighted by Crippen LogP contribution is 2.10. The smallest absolute Gasteiger partial charge is 0.255 e. The highest BCUT2D eigenvalue weighted by molar-refractivity contribution is 6.29. The van der Waals surface area contributed by atoms with Crippen molar-refractivity contribution in [3.63, 3.8) is 0 Å². The molecular formula is C13H17ClN4O2. The first-order valence-corrected chi connectivity index (χ1v) is 6.81. The number of halogens is 1. The number of carbonyl (C=O) groups excluding carboxylic acids is 2. The minimum Gasteiger partial charge on any atom is -0.358 e. The summed E-state index contributed by atoms with van der Waals surface area (Å²) in [5, 5.41) is 2.97. The van der Waals surface area contributed by atoms with Crippen molar-refractivity contribution in [1.29, 1.82) is 0 Å². The van der Waals surface area contributed by atoms with Gasteiger partial charge in [0.25, 0.3) is 5.91 Å². The lowest BCUT2D eigenvalue weighted by Crippen LogP contribution is -2.50. The van der Waals surface area contributed by atoms with Crippen LogP contribution in [-0.4, -0.2) is 66.4 Å². The van der Waals surface area contributed by atoms with Crippen molar-refractivity contribution in [2.75, 3.05) is 39.8 Å². The molecule has 0 spiro atoms.